The second kappa shape index (κ2) is 5.35. The number of hydrogen-bond donors (Lipinski definition) is 1. The van der Waals surface area contributed by atoms with Crippen molar-refractivity contribution in [3.8, 4) is 0 Å². The molecule has 0 aliphatic carbocycles. The largest absolute Gasteiger partial charge is 0.453 e. The summed E-state index contributed by atoms with van der Waals surface area (Å²) in [4.78, 5) is 14.8. The number of carbonyl (C=O) groups is 1. The van der Waals surface area contributed by atoms with Crippen LogP contribution in [0.2, 0.25) is 0 Å². The first-order chi connectivity index (χ1) is 5.65. The zero-order valence-corrected chi connectivity index (χ0v) is 7.63. The molecule has 0 amide bonds. The Bertz CT molecular complexity index is 199. The lowest BCUT2D eigenvalue weighted by molar-refractivity contribution is -0.138. The minimum Gasteiger partial charge on any atom is -0.453 e. The number of nitrogens with zero attached hydrogens (tertiary/aromatic N) is 1. The average molecular weight is 170 g/mol. The molecule has 0 aromatic heterocycles. The van der Waals surface area contributed by atoms with Gasteiger partial charge in [0.1, 0.15) is 6.10 Å². The van der Waals surface area contributed by atoms with Crippen LogP contribution in [0.4, 0.5) is 0 Å². The Morgan fingerprint density at radius 2 is 2.33 bits per heavy atom. The molecule has 4 nitrogen and oxygen atoms in total. The number of amidine groups is 1. The van der Waals surface area contributed by atoms with Crippen LogP contribution >= 0.6 is 0 Å². The zero-order valence-electron chi connectivity index (χ0n) is 7.63. The molecule has 1 atom stereocenters. The fourth-order valence-corrected chi connectivity index (χ4v) is 0.578. The van der Waals surface area contributed by atoms with Gasteiger partial charge >= 0.3 is 5.97 Å². The predicted octanol–water partition coefficient (Wildman–Crippen LogP) is 0.352. The van der Waals surface area contributed by atoms with Crippen LogP contribution in [-0.2, 0) is 9.53 Å². The van der Waals surface area contributed by atoms with Crippen molar-refractivity contribution in [2.75, 3.05) is 14.1 Å². The van der Waals surface area contributed by atoms with E-state index in [1.54, 1.807) is 20.0 Å². The standard InChI is InChI=1S/C8H14N2O2/c1-5-6(2)12-8(11)7(9-3)10-4/h5-6H,1H2,2-4H3,(H,9,10). The lowest BCUT2D eigenvalue weighted by Gasteiger charge is -2.09. The molecule has 68 valence electrons. The van der Waals surface area contributed by atoms with Crippen LogP contribution in [0.5, 0.6) is 0 Å². The highest BCUT2D eigenvalue weighted by molar-refractivity contribution is 6.35. The summed E-state index contributed by atoms with van der Waals surface area (Å²) >= 11 is 0. The van der Waals surface area contributed by atoms with Crippen molar-refractivity contribution in [1.29, 1.82) is 0 Å². The Balaban J connectivity index is 4.11. The van der Waals surface area contributed by atoms with Crippen LogP contribution in [0.25, 0.3) is 0 Å². The van der Waals surface area contributed by atoms with Crippen molar-refractivity contribution in [1.82, 2.24) is 5.32 Å². The molecule has 1 unspecified atom stereocenters. The average Bonchev–Trinajstić information content (AvgIpc) is 2.06. The predicted molar refractivity (Wildman–Crippen MR) is 48.2 cm³/mol. The highest BCUT2D eigenvalue weighted by atomic mass is 16.5. The van der Waals surface area contributed by atoms with Crippen LogP contribution in [0.3, 0.4) is 0 Å². The maximum atomic E-state index is 11.1. The van der Waals surface area contributed by atoms with E-state index < -0.39 is 5.97 Å². The highest BCUT2D eigenvalue weighted by Crippen LogP contribution is 1.92. The first-order valence-corrected chi connectivity index (χ1v) is 3.63. The number of rotatable bonds is 2. The molecule has 4 heteroatoms. The number of nitrogens with one attached hydrogen (secondary N) is 1. The Morgan fingerprint density at radius 1 is 1.75 bits per heavy atom. The molecule has 0 saturated heterocycles. The number of hydrogen-bond acceptors (Lipinski definition) is 3. The van der Waals surface area contributed by atoms with Crippen molar-refractivity contribution in [2.24, 2.45) is 4.99 Å². The first-order valence-electron chi connectivity index (χ1n) is 3.63. The van der Waals surface area contributed by atoms with E-state index >= 15 is 0 Å². The van der Waals surface area contributed by atoms with Crippen molar-refractivity contribution in [2.45, 2.75) is 13.0 Å². The molecule has 0 bridgehead atoms. The van der Waals surface area contributed by atoms with Gasteiger partial charge in [-0.1, -0.05) is 12.7 Å². The van der Waals surface area contributed by atoms with E-state index in [2.05, 4.69) is 16.9 Å². The Morgan fingerprint density at radius 3 is 2.67 bits per heavy atom. The van der Waals surface area contributed by atoms with Crippen LogP contribution in [-0.4, -0.2) is 32.0 Å². The number of carbonyl (C=O) groups excluding carboxylic acids is 1. The summed E-state index contributed by atoms with van der Waals surface area (Å²) in [6.07, 6.45) is 1.25. The number of aliphatic imine (C=N–C) groups is 1. The van der Waals surface area contributed by atoms with E-state index in [4.69, 9.17) is 4.74 Å². The summed E-state index contributed by atoms with van der Waals surface area (Å²) in [6, 6.07) is 0. The van der Waals surface area contributed by atoms with E-state index in [0.29, 0.717) is 0 Å². The van der Waals surface area contributed by atoms with Crippen LogP contribution in [0, 0.1) is 0 Å². The molecule has 0 aromatic rings. The number of likely N-dealkylation sites (N-methyl/N-ethyl adjacent to an activating group) is 1. The zero-order chi connectivity index (χ0) is 9.56. The van der Waals surface area contributed by atoms with Gasteiger partial charge in [0.05, 0.1) is 0 Å². The Kier molecular flexibility index (Phi) is 4.76. The molecule has 0 fully saturated rings. The van der Waals surface area contributed by atoms with Crippen LogP contribution < -0.4 is 5.32 Å². The molecule has 0 spiro atoms. The normalized spacial score (nSPS) is 13.4. The van der Waals surface area contributed by atoms with Gasteiger partial charge in [-0.3, -0.25) is 4.99 Å². The van der Waals surface area contributed by atoms with Gasteiger partial charge in [-0.25, -0.2) is 4.79 Å². The minimum absolute atomic E-state index is 0.212. The van der Waals surface area contributed by atoms with Crippen molar-refractivity contribution in [3.63, 3.8) is 0 Å². The van der Waals surface area contributed by atoms with Gasteiger partial charge < -0.3 is 10.1 Å². The smallest absolute Gasteiger partial charge is 0.374 e. The minimum atomic E-state index is -0.465. The van der Waals surface area contributed by atoms with Crippen molar-refractivity contribution >= 4 is 11.8 Å². The molecule has 0 heterocycles. The van der Waals surface area contributed by atoms with Gasteiger partial charge in [0.2, 0.25) is 5.84 Å². The van der Waals surface area contributed by atoms with Gasteiger partial charge in [0.15, 0.2) is 0 Å². The summed E-state index contributed by atoms with van der Waals surface area (Å²) in [6.45, 7) is 5.22. The third-order valence-electron chi connectivity index (χ3n) is 1.28. The second-order valence-electron chi connectivity index (χ2n) is 2.17. The molecule has 0 aliphatic heterocycles. The third kappa shape index (κ3) is 3.18. The topological polar surface area (TPSA) is 50.7 Å². The molecule has 0 radical (unpaired) electrons. The van der Waals surface area contributed by atoms with E-state index in [9.17, 15) is 4.79 Å². The summed E-state index contributed by atoms with van der Waals surface area (Å²) < 4.78 is 4.89. The maximum Gasteiger partial charge on any atom is 0.374 e. The van der Waals surface area contributed by atoms with Crippen molar-refractivity contribution < 1.29 is 9.53 Å². The fraction of sp³-hybridized carbons (Fsp3) is 0.500. The lowest BCUT2D eigenvalue weighted by Crippen LogP contribution is -2.31. The van der Waals surface area contributed by atoms with Crippen LogP contribution in [0.15, 0.2) is 17.6 Å². The molecule has 0 aromatic carbocycles. The molecule has 0 aliphatic rings. The summed E-state index contributed by atoms with van der Waals surface area (Å²) in [5, 5.41) is 2.62. The molecule has 1 N–H and O–H groups in total. The quantitative estimate of drug-likeness (QED) is 0.281. The van der Waals surface area contributed by atoms with Gasteiger partial charge in [0, 0.05) is 14.1 Å². The summed E-state index contributed by atoms with van der Waals surface area (Å²) in [5.74, 6) is -0.254. The van der Waals surface area contributed by atoms with E-state index in [-0.39, 0.29) is 11.9 Å². The van der Waals surface area contributed by atoms with E-state index in [1.165, 1.54) is 7.05 Å². The second-order valence-corrected chi connectivity index (χ2v) is 2.17. The molecular weight excluding hydrogens is 156 g/mol. The summed E-state index contributed by atoms with van der Waals surface area (Å²) in [7, 11) is 3.13. The SMILES string of the molecule is C=CC(C)OC(=O)C(=NC)NC. The van der Waals surface area contributed by atoms with Gasteiger partial charge in [-0.05, 0) is 6.92 Å². The van der Waals surface area contributed by atoms with Gasteiger partial charge in [-0.15, -0.1) is 0 Å². The van der Waals surface area contributed by atoms with E-state index in [0.717, 1.165) is 0 Å². The fourth-order valence-electron chi connectivity index (χ4n) is 0.578. The third-order valence-corrected chi connectivity index (χ3v) is 1.28. The highest BCUT2D eigenvalue weighted by Gasteiger charge is 2.11. The number of esters is 1. The Hall–Kier alpha value is -1.32. The van der Waals surface area contributed by atoms with Crippen LogP contribution in [0.1, 0.15) is 6.92 Å². The molecule has 0 rings (SSSR count). The molecular formula is C8H14N2O2. The van der Waals surface area contributed by atoms with Gasteiger partial charge in [0.25, 0.3) is 0 Å². The monoisotopic (exact) mass is 170 g/mol. The molecule has 0 saturated carbocycles. The number of ether oxygens (including phenoxy) is 1. The van der Waals surface area contributed by atoms with E-state index in [1.807, 2.05) is 0 Å². The lowest BCUT2D eigenvalue weighted by atomic mass is 10.4. The first kappa shape index (κ1) is 10.7. The summed E-state index contributed by atoms with van der Waals surface area (Å²) in [5.41, 5.74) is 0. The van der Waals surface area contributed by atoms with Crippen molar-refractivity contribution in [3.05, 3.63) is 12.7 Å². The maximum absolute atomic E-state index is 11.1. The molecule has 12 heavy (non-hydrogen) atoms. The Labute approximate surface area is 72.3 Å². The van der Waals surface area contributed by atoms with Gasteiger partial charge in [-0.2, -0.15) is 0 Å².